The topological polar surface area (TPSA) is 98.5 Å². The summed E-state index contributed by atoms with van der Waals surface area (Å²) in [5, 5.41) is 25.3. The molecular weight excluding hydrogens is 286 g/mol. The van der Waals surface area contributed by atoms with Crippen LogP contribution in [0.5, 0.6) is 0 Å². The van der Waals surface area contributed by atoms with E-state index in [1.54, 1.807) is 24.3 Å². The van der Waals surface area contributed by atoms with Crippen molar-refractivity contribution in [2.24, 2.45) is 4.99 Å². The number of nitrogens with zero attached hydrogens (tertiary/aromatic N) is 5. The molecule has 1 N–H and O–H groups in total. The van der Waals surface area contributed by atoms with Gasteiger partial charge in [0.2, 0.25) is 0 Å². The van der Waals surface area contributed by atoms with E-state index < -0.39 is 10.7 Å². The van der Waals surface area contributed by atoms with Crippen LogP contribution in [0.15, 0.2) is 35.3 Å². The van der Waals surface area contributed by atoms with Crippen molar-refractivity contribution in [1.29, 1.82) is 0 Å². The summed E-state index contributed by atoms with van der Waals surface area (Å²) in [6.07, 6.45) is 5.04. The zero-order chi connectivity index (χ0) is 15.5. The minimum absolute atomic E-state index is 0.000673. The van der Waals surface area contributed by atoms with Gasteiger partial charge in [0.15, 0.2) is 0 Å². The van der Waals surface area contributed by atoms with Crippen molar-refractivity contribution >= 4 is 5.82 Å². The summed E-state index contributed by atoms with van der Waals surface area (Å²) in [5.41, 5.74) is 0.430. The Hall–Kier alpha value is -2.64. The SMILES string of the molecule is O=[N+]([O-])c1nn(-c2ccccc2)n(O)c1=NC1CCCCC1. The molecule has 3 rings (SSSR count). The van der Waals surface area contributed by atoms with Crippen molar-refractivity contribution in [3.8, 4) is 5.69 Å². The van der Waals surface area contributed by atoms with Crippen LogP contribution in [-0.4, -0.2) is 30.9 Å². The smallest absolute Gasteiger partial charge is 0.409 e. The van der Waals surface area contributed by atoms with Gasteiger partial charge in [0.05, 0.1) is 11.1 Å². The normalized spacial score (nSPS) is 16.8. The molecule has 0 atom stereocenters. The highest BCUT2D eigenvalue weighted by molar-refractivity contribution is 5.29. The van der Waals surface area contributed by atoms with Gasteiger partial charge < -0.3 is 15.3 Å². The zero-order valence-electron chi connectivity index (χ0n) is 12.0. The Morgan fingerprint density at radius 3 is 2.55 bits per heavy atom. The van der Waals surface area contributed by atoms with Crippen LogP contribution in [0.25, 0.3) is 5.69 Å². The molecule has 1 saturated carbocycles. The van der Waals surface area contributed by atoms with Crippen molar-refractivity contribution < 1.29 is 10.1 Å². The largest absolute Gasteiger partial charge is 0.438 e. The molecule has 1 fully saturated rings. The Bertz CT molecular complexity index is 729. The number of hydrogen-bond donors (Lipinski definition) is 1. The number of benzene rings is 1. The first kappa shape index (κ1) is 14.3. The highest BCUT2D eigenvalue weighted by Crippen LogP contribution is 2.20. The van der Waals surface area contributed by atoms with E-state index in [0.717, 1.165) is 36.9 Å². The van der Waals surface area contributed by atoms with E-state index in [1.165, 1.54) is 0 Å². The Labute approximate surface area is 126 Å². The summed E-state index contributed by atoms with van der Waals surface area (Å²) in [4.78, 5) is 16.7. The second-order valence-corrected chi connectivity index (χ2v) is 5.34. The van der Waals surface area contributed by atoms with Crippen LogP contribution < -0.4 is 5.49 Å². The molecule has 0 amide bonds. The Morgan fingerprint density at radius 2 is 1.91 bits per heavy atom. The van der Waals surface area contributed by atoms with E-state index in [-0.39, 0.29) is 11.5 Å². The predicted molar refractivity (Wildman–Crippen MR) is 77.8 cm³/mol. The van der Waals surface area contributed by atoms with E-state index in [2.05, 4.69) is 10.1 Å². The molecule has 0 saturated heterocycles. The molecule has 2 aromatic rings. The lowest BCUT2D eigenvalue weighted by molar-refractivity contribution is -0.391. The molecule has 22 heavy (non-hydrogen) atoms. The van der Waals surface area contributed by atoms with Gasteiger partial charge in [-0.2, -0.15) is 0 Å². The summed E-state index contributed by atoms with van der Waals surface area (Å²) < 4.78 is 0. The zero-order valence-corrected chi connectivity index (χ0v) is 12.0. The summed E-state index contributed by atoms with van der Waals surface area (Å²) in [5.74, 6) is -0.433. The summed E-state index contributed by atoms with van der Waals surface area (Å²) >= 11 is 0. The van der Waals surface area contributed by atoms with Crippen LogP contribution in [0, 0.1) is 10.1 Å². The lowest BCUT2D eigenvalue weighted by atomic mass is 9.96. The highest BCUT2D eigenvalue weighted by Gasteiger charge is 2.25. The van der Waals surface area contributed by atoms with Crippen molar-refractivity contribution in [1.82, 2.24) is 14.7 Å². The average molecular weight is 303 g/mol. The van der Waals surface area contributed by atoms with Crippen LogP contribution in [0.2, 0.25) is 0 Å². The van der Waals surface area contributed by atoms with Crippen molar-refractivity contribution in [3.05, 3.63) is 45.9 Å². The Balaban J connectivity index is 2.10. The third kappa shape index (κ3) is 2.72. The van der Waals surface area contributed by atoms with Crippen LogP contribution in [0.4, 0.5) is 5.82 Å². The Kier molecular flexibility index (Phi) is 3.90. The molecule has 1 heterocycles. The van der Waals surface area contributed by atoms with Crippen LogP contribution >= 0.6 is 0 Å². The lowest BCUT2D eigenvalue weighted by Gasteiger charge is -2.16. The van der Waals surface area contributed by atoms with Gasteiger partial charge in [-0.15, -0.1) is 0 Å². The molecule has 1 aliphatic rings. The molecule has 1 aromatic heterocycles. The van der Waals surface area contributed by atoms with Gasteiger partial charge in [-0.25, -0.2) is 0 Å². The maximum Gasteiger partial charge on any atom is 0.438 e. The molecular formula is C14H17N5O3. The van der Waals surface area contributed by atoms with Crippen LogP contribution in [0.3, 0.4) is 0 Å². The van der Waals surface area contributed by atoms with Gasteiger partial charge in [-0.3, -0.25) is 4.99 Å². The van der Waals surface area contributed by atoms with Gasteiger partial charge in [-0.1, -0.05) is 42.3 Å². The third-order valence-electron chi connectivity index (χ3n) is 3.80. The average Bonchev–Trinajstić information content (AvgIpc) is 2.87. The number of hydrogen-bond acceptors (Lipinski definition) is 5. The summed E-state index contributed by atoms with van der Waals surface area (Å²) in [7, 11) is 0. The first-order valence-electron chi connectivity index (χ1n) is 7.32. The maximum atomic E-state index is 11.2. The lowest BCUT2D eigenvalue weighted by Crippen LogP contribution is -2.25. The number of para-hydroxylation sites is 1. The van der Waals surface area contributed by atoms with Crippen molar-refractivity contribution in [2.45, 2.75) is 38.1 Å². The van der Waals surface area contributed by atoms with Crippen LogP contribution in [0.1, 0.15) is 32.1 Å². The quantitative estimate of drug-likeness (QED) is 0.533. The molecule has 1 aliphatic carbocycles. The van der Waals surface area contributed by atoms with Gasteiger partial charge in [0.1, 0.15) is 5.69 Å². The fourth-order valence-electron chi connectivity index (χ4n) is 2.70. The van der Waals surface area contributed by atoms with Gasteiger partial charge in [0.25, 0.3) is 5.49 Å². The summed E-state index contributed by atoms with van der Waals surface area (Å²) in [6.45, 7) is 0. The molecule has 0 radical (unpaired) electrons. The molecule has 0 bridgehead atoms. The van der Waals surface area contributed by atoms with E-state index in [1.807, 2.05) is 6.07 Å². The molecule has 0 unspecified atom stereocenters. The molecule has 8 nitrogen and oxygen atoms in total. The first-order valence-corrected chi connectivity index (χ1v) is 7.32. The molecule has 0 spiro atoms. The van der Waals surface area contributed by atoms with Gasteiger partial charge in [-0.05, 0) is 34.7 Å². The van der Waals surface area contributed by atoms with E-state index >= 15 is 0 Å². The Morgan fingerprint density at radius 1 is 1.23 bits per heavy atom. The fourth-order valence-corrected chi connectivity index (χ4v) is 2.70. The number of rotatable bonds is 3. The van der Waals surface area contributed by atoms with Crippen molar-refractivity contribution in [2.75, 3.05) is 0 Å². The number of nitro groups is 1. The predicted octanol–water partition coefficient (Wildman–Crippen LogP) is 2.05. The minimum Gasteiger partial charge on any atom is -0.409 e. The second kappa shape index (κ2) is 6.00. The van der Waals surface area contributed by atoms with Crippen molar-refractivity contribution in [3.63, 3.8) is 0 Å². The van der Waals surface area contributed by atoms with E-state index in [9.17, 15) is 15.3 Å². The third-order valence-corrected chi connectivity index (χ3v) is 3.80. The first-order chi connectivity index (χ1) is 10.7. The standard InChI is InChI=1S/C14H17N5O3/c20-18-13(15-11-7-3-1-4-8-11)14(19(21)22)16-17(18)12-9-5-2-6-10-12/h2,5-6,9-11,20H,1,3-4,7-8H2. The highest BCUT2D eigenvalue weighted by atomic mass is 16.6. The van der Waals surface area contributed by atoms with E-state index in [4.69, 9.17) is 0 Å². The minimum atomic E-state index is -0.617. The van der Waals surface area contributed by atoms with Gasteiger partial charge >= 0.3 is 5.82 Å². The molecule has 0 aliphatic heterocycles. The molecule has 116 valence electrons. The fraction of sp³-hybridized carbons (Fsp3) is 0.429. The monoisotopic (exact) mass is 303 g/mol. The maximum absolute atomic E-state index is 11.2. The van der Waals surface area contributed by atoms with Crippen LogP contribution in [-0.2, 0) is 0 Å². The van der Waals surface area contributed by atoms with E-state index in [0.29, 0.717) is 10.5 Å². The number of aromatic nitrogens is 3. The molecule has 8 heteroatoms. The molecule has 1 aromatic carbocycles. The van der Waals surface area contributed by atoms with Gasteiger partial charge in [0, 0.05) is 0 Å². The summed E-state index contributed by atoms with van der Waals surface area (Å²) in [6, 6.07) is 8.75. The second-order valence-electron chi connectivity index (χ2n) is 5.34.